The third-order valence-electron chi connectivity index (χ3n) is 7.52. The van der Waals surface area contributed by atoms with E-state index in [-0.39, 0.29) is 26.2 Å². The number of methoxy groups -OCH3 is 2. The first kappa shape index (κ1) is 37.8. The quantitative estimate of drug-likeness (QED) is 0.182. The van der Waals surface area contributed by atoms with Gasteiger partial charge in [-0.3, -0.25) is 9.59 Å². The molecule has 13 heteroatoms. The minimum Gasteiger partial charge on any atom is -0.496 e. The summed E-state index contributed by atoms with van der Waals surface area (Å²) in [5, 5.41) is 6.83. The summed E-state index contributed by atoms with van der Waals surface area (Å²) < 4.78 is 27.7. The number of hydrogen-bond donors (Lipinski definition) is 2. The van der Waals surface area contributed by atoms with Crippen molar-refractivity contribution in [1.82, 2.24) is 20.5 Å². The van der Waals surface area contributed by atoms with E-state index < -0.39 is 59.1 Å². The van der Waals surface area contributed by atoms with E-state index in [2.05, 4.69) is 28.8 Å². The van der Waals surface area contributed by atoms with E-state index in [0.29, 0.717) is 17.0 Å². The number of aromatic nitrogens is 1. The van der Waals surface area contributed by atoms with Crippen molar-refractivity contribution in [2.24, 2.45) is 5.41 Å². The molecular weight excluding hydrogens is 620 g/mol. The van der Waals surface area contributed by atoms with Crippen molar-refractivity contribution in [3.8, 4) is 11.6 Å². The summed E-state index contributed by atoms with van der Waals surface area (Å²) in [6.07, 6.45) is 3.45. The van der Waals surface area contributed by atoms with E-state index in [1.54, 1.807) is 60.9 Å². The number of fused-ring (bicyclic) bond motifs is 1. The van der Waals surface area contributed by atoms with Gasteiger partial charge in [0.15, 0.2) is 0 Å². The molecule has 1 saturated heterocycles. The molecule has 4 atom stereocenters. The van der Waals surface area contributed by atoms with Gasteiger partial charge in [-0.2, -0.15) is 0 Å². The zero-order valence-corrected chi connectivity index (χ0v) is 29.1. The van der Waals surface area contributed by atoms with Crippen LogP contribution in [0.2, 0.25) is 0 Å². The molecule has 1 aromatic carbocycles. The summed E-state index contributed by atoms with van der Waals surface area (Å²) >= 11 is 0. The van der Waals surface area contributed by atoms with Gasteiger partial charge in [-0.25, -0.2) is 14.6 Å². The lowest BCUT2D eigenvalue weighted by molar-refractivity contribution is -0.153. The minimum absolute atomic E-state index is 0.0195. The SMILES string of the molecule is C=CCOC[C@H](NC(=O)OC(C)(C)C)C(=O)N[C@H](C(=O)N1CC(Oc2nccc3cc(OC)c(C=C)cc23)CC1C(=O)OC)C(C)(C)C. The van der Waals surface area contributed by atoms with Crippen LogP contribution < -0.4 is 20.1 Å². The van der Waals surface area contributed by atoms with Gasteiger partial charge in [-0.15, -0.1) is 6.58 Å². The lowest BCUT2D eigenvalue weighted by Gasteiger charge is -2.35. The second-order valence-electron chi connectivity index (χ2n) is 13.5. The fourth-order valence-electron chi connectivity index (χ4n) is 5.22. The second-order valence-corrected chi connectivity index (χ2v) is 13.5. The smallest absolute Gasteiger partial charge is 0.408 e. The number of carbonyl (C=O) groups excluding carboxylic acids is 4. The van der Waals surface area contributed by atoms with Crippen molar-refractivity contribution in [3.63, 3.8) is 0 Å². The highest BCUT2D eigenvalue weighted by atomic mass is 16.6. The maximum Gasteiger partial charge on any atom is 0.408 e. The number of hydrogen-bond acceptors (Lipinski definition) is 10. The monoisotopic (exact) mass is 668 g/mol. The number of ether oxygens (including phenoxy) is 5. The predicted octanol–water partition coefficient (Wildman–Crippen LogP) is 4.03. The molecule has 1 fully saturated rings. The average Bonchev–Trinajstić information content (AvgIpc) is 3.44. The first-order chi connectivity index (χ1) is 22.5. The van der Waals surface area contributed by atoms with Crippen LogP contribution in [-0.2, 0) is 28.6 Å². The number of nitrogens with one attached hydrogen (secondary N) is 2. The molecule has 0 aliphatic carbocycles. The van der Waals surface area contributed by atoms with Crippen molar-refractivity contribution in [3.05, 3.63) is 49.2 Å². The Morgan fingerprint density at radius 3 is 2.38 bits per heavy atom. The Kier molecular flexibility index (Phi) is 12.6. The molecule has 2 N–H and O–H groups in total. The molecule has 1 aliphatic heterocycles. The van der Waals surface area contributed by atoms with Crippen LogP contribution in [0.15, 0.2) is 43.6 Å². The number of pyridine rings is 1. The van der Waals surface area contributed by atoms with Crippen LogP contribution in [0.5, 0.6) is 11.6 Å². The number of likely N-dealkylation sites (tertiary alicyclic amines) is 1. The standard InChI is InChI=1S/C35H48N4O9/c1-11-15-46-20-25(37-33(43)48-35(6,7)8)29(40)38-28(34(3,4)5)31(41)39-19-23(18-26(39)32(42)45-10)47-30-24-16-21(12-2)27(44-9)17-22(24)13-14-36-30/h11-14,16-17,23,25-26,28H,1-2,15,18-20H2,3-10H3,(H,37,43)(H,38,40)/t23?,25-,26?,28+/m0/s1. The number of benzene rings is 1. The molecular formula is C35H48N4O9. The number of nitrogens with zero attached hydrogens (tertiary/aromatic N) is 2. The minimum atomic E-state index is -1.19. The molecule has 262 valence electrons. The molecule has 1 aliphatic rings. The highest BCUT2D eigenvalue weighted by molar-refractivity contribution is 5.94. The number of carbonyl (C=O) groups is 4. The van der Waals surface area contributed by atoms with Gasteiger partial charge >= 0.3 is 12.1 Å². The molecule has 0 bridgehead atoms. The zero-order chi connectivity index (χ0) is 35.8. The Balaban J connectivity index is 1.89. The second kappa shape index (κ2) is 16.0. The van der Waals surface area contributed by atoms with Crippen molar-refractivity contribution in [2.45, 2.75) is 77.8 Å². The normalized spacial score (nSPS) is 17.5. The molecule has 1 aromatic heterocycles. The molecule has 0 spiro atoms. The van der Waals surface area contributed by atoms with E-state index in [1.165, 1.54) is 18.1 Å². The van der Waals surface area contributed by atoms with Crippen molar-refractivity contribution >= 4 is 40.7 Å². The topological polar surface area (TPSA) is 155 Å². The van der Waals surface area contributed by atoms with E-state index in [1.807, 2.05) is 18.2 Å². The molecule has 2 unspecified atom stereocenters. The summed E-state index contributed by atoms with van der Waals surface area (Å²) in [5.74, 6) is -0.861. The summed E-state index contributed by atoms with van der Waals surface area (Å²) in [6.45, 7) is 17.8. The summed E-state index contributed by atoms with van der Waals surface area (Å²) in [6, 6.07) is 2.23. The fraction of sp³-hybridized carbons (Fsp3) is 0.514. The lowest BCUT2D eigenvalue weighted by Crippen LogP contribution is -2.60. The van der Waals surface area contributed by atoms with Crippen LogP contribution in [0.25, 0.3) is 16.8 Å². The van der Waals surface area contributed by atoms with Gasteiger partial charge in [0, 0.05) is 23.6 Å². The first-order valence-corrected chi connectivity index (χ1v) is 15.7. The molecule has 13 nitrogen and oxygen atoms in total. The van der Waals surface area contributed by atoms with Gasteiger partial charge in [0.2, 0.25) is 17.7 Å². The zero-order valence-electron chi connectivity index (χ0n) is 29.1. The van der Waals surface area contributed by atoms with Gasteiger partial charge in [-0.05, 0) is 49.8 Å². The average molecular weight is 669 g/mol. The Morgan fingerprint density at radius 2 is 1.79 bits per heavy atom. The van der Waals surface area contributed by atoms with Gasteiger partial charge in [0.1, 0.15) is 35.6 Å². The van der Waals surface area contributed by atoms with E-state index in [4.69, 9.17) is 23.7 Å². The molecule has 0 saturated carbocycles. The number of esters is 1. The van der Waals surface area contributed by atoms with Crippen molar-refractivity contribution in [2.75, 3.05) is 34.0 Å². The van der Waals surface area contributed by atoms with E-state index >= 15 is 0 Å². The molecule has 0 radical (unpaired) electrons. The number of rotatable bonds is 13. The summed E-state index contributed by atoms with van der Waals surface area (Å²) in [5.41, 5.74) is -0.879. The Bertz CT molecular complexity index is 1510. The highest BCUT2D eigenvalue weighted by Crippen LogP contribution is 2.34. The van der Waals surface area contributed by atoms with Crippen molar-refractivity contribution in [1.29, 1.82) is 0 Å². The van der Waals surface area contributed by atoms with Gasteiger partial charge < -0.3 is 39.2 Å². The first-order valence-electron chi connectivity index (χ1n) is 15.7. The predicted molar refractivity (Wildman–Crippen MR) is 180 cm³/mol. The van der Waals surface area contributed by atoms with Crippen LogP contribution in [-0.4, -0.2) is 97.6 Å². The van der Waals surface area contributed by atoms with Gasteiger partial charge in [-0.1, -0.05) is 39.5 Å². The summed E-state index contributed by atoms with van der Waals surface area (Å²) in [7, 11) is 2.82. The van der Waals surface area contributed by atoms with Crippen LogP contribution in [0.3, 0.4) is 0 Å². The Morgan fingerprint density at radius 1 is 1.08 bits per heavy atom. The highest BCUT2D eigenvalue weighted by Gasteiger charge is 2.47. The molecule has 2 aromatic rings. The van der Waals surface area contributed by atoms with E-state index in [0.717, 1.165) is 10.9 Å². The number of amides is 3. The van der Waals surface area contributed by atoms with Crippen LogP contribution in [0.4, 0.5) is 4.79 Å². The third kappa shape index (κ3) is 9.69. The van der Waals surface area contributed by atoms with Gasteiger partial charge in [0.05, 0.1) is 34.0 Å². The molecule has 3 amide bonds. The summed E-state index contributed by atoms with van der Waals surface area (Å²) in [4.78, 5) is 59.2. The largest absolute Gasteiger partial charge is 0.496 e. The third-order valence-corrected chi connectivity index (χ3v) is 7.52. The maximum atomic E-state index is 14.3. The van der Waals surface area contributed by atoms with Crippen LogP contribution in [0.1, 0.15) is 53.5 Å². The Hall–Kier alpha value is -4.65. The molecule has 48 heavy (non-hydrogen) atoms. The number of alkyl carbamates (subject to hydrolysis) is 1. The van der Waals surface area contributed by atoms with Gasteiger partial charge in [0.25, 0.3) is 0 Å². The fourth-order valence-corrected chi connectivity index (χ4v) is 5.22. The Labute approximate surface area is 282 Å². The molecule has 3 rings (SSSR count). The van der Waals surface area contributed by atoms with Crippen LogP contribution in [0, 0.1) is 5.41 Å². The molecule has 2 heterocycles. The van der Waals surface area contributed by atoms with E-state index in [9.17, 15) is 19.2 Å². The lowest BCUT2D eigenvalue weighted by atomic mass is 9.85. The van der Waals surface area contributed by atoms with Crippen molar-refractivity contribution < 1.29 is 42.9 Å². The maximum absolute atomic E-state index is 14.3. The van der Waals surface area contributed by atoms with Crippen LogP contribution >= 0.6 is 0 Å².